The summed E-state index contributed by atoms with van der Waals surface area (Å²) >= 11 is 0. The van der Waals surface area contributed by atoms with Gasteiger partial charge >= 0.3 is 0 Å². The van der Waals surface area contributed by atoms with Crippen molar-refractivity contribution < 1.29 is 0 Å². The summed E-state index contributed by atoms with van der Waals surface area (Å²) in [5.74, 6) is 0.638. The minimum absolute atomic E-state index is 0.638. The van der Waals surface area contributed by atoms with Crippen molar-refractivity contribution in [2.45, 2.75) is 19.9 Å². The first-order chi connectivity index (χ1) is 8.34. The molecule has 1 atom stereocenters. The van der Waals surface area contributed by atoms with E-state index in [-0.39, 0.29) is 0 Å². The van der Waals surface area contributed by atoms with Crippen molar-refractivity contribution in [1.29, 1.82) is 0 Å². The predicted octanol–water partition coefficient (Wildman–Crippen LogP) is 4.16. The molecule has 1 aliphatic carbocycles. The van der Waals surface area contributed by atoms with E-state index in [2.05, 4.69) is 47.5 Å². The minimum Gasteiger partial charge on any atom is -0.189 e. The van der Waals surface area contributed by atoms with Crippen LogP contribution in [0.4, 0.5) is 0 Å². The van der Waals surface area contributed by atoms with Gasteiger partial charge in [-0.1, -0.05) is 55.5 Å². The maximum absolute atomic E-state index is 4.25. The molecular weight excluding hydrogens is 208 g/mol. The SMILES string of the molecule is CC1C=CC=C(CN=NCc2ccccc2)C1. The smallest absolute Gasteiger partial charge is 0.0849 e. The average Bonchev–Trinajstić information content (AvgIpc) is 2.36. The predicted molar refractivity (Wildman–Crippen MR) is 70.9 cm³/mol. The Morgan fingerprint density at radius 3 is 2.65 bits per heavy atom. The molecular formula is C15H18N2. The zero-order valence-corrected chi connectivity index (χ0v) is 10.2. The molecule has 1 unspecified atom stereocenters. The highest BCUT2D eigenvalue weighted by Gasteiger charge is 2.05. The van der Waals surface area contributed by atoms with Crippen molar-refractivity contribution in [1.82, 2.24) is 0 Å². The first kappa shape index (κ1) is 11.8. The molecule has 2 heteroatoms. The monoisotopic (exact) mass is 226 g/mol. The Balaban J connectivity index is 1.79. The fourth-order valence-electron chi connectivity index (χ4n) is 1.90. The zero-order valence-electron chi connectivity index (χ0n) is 10.2. The average molecular weight is 226 g/mol. The third-order valence-corrected chi connectivity index (χ3v) is 2.83. The highest BCUT2D eigenvalue weighted by Crippen LogP contribution is 2.17. The summed E-state index contributed by atoms with van der Waals surface area (Å²) in [6.45, 7) is 3.64. The number of hydrogen-bond acceptors (Lipinski definition) is 2. The summed E-state index contributed by atoms with van der Waals surface area (Å²) in [4.78, 5) is 0. The summed E-state index contributed by atoms with van der Waals surface area (Å²) in [5, 5.41) is 8.47. The lowest BCUT2D eigenvalue weighted by atomic mass is 9.96. The molecule has 0 saturated carbocycles. The van der Waals surface area contributed by atoms with Crippen LogP contribution in [0, 0.1) is 5.92 Å². The number of benzene rings is 1. The summed E-state index contributed by atoms with van der Waals surface area (Å²) in [6, 6.07) is 10.2. The highest BCUT2D eigenvalue weighted by atomic mass is 15.1. The molecule has 0 bridgehead atoms. The zero-order chi connectivity index (χ0) is 11.9. The first-order valence-corrected chi connectivity index (χ1v) is 6.08. The van der Waals surface area contributed by atoms with E-state index in [4.69, 9.17) is 0 Å². The van der Waals surface area contributed by atoms with Crippen LogP contribution < -0.4 is 0 Å². The van der Waals surface area contributed by atoms with Gasteiger partial charge in [-0.3, -0.25) is 0 Å². The molecule has 0 fully saturated rings. The molecule has 0 aliphatic heterocycles. The van der Waals surface area contributed by atoms with Crippen molar-refractivity contribution in [3.8, 4) is 0 Å². The summed E-state index contributed by atoms with van der Waals surface area (Å²) in [5.41, 5.74) is 2.58. The van der Waals surface area contributed by atoms with E-state index >= 15 is 0 Å². The van der Waals surface area contributed by atoms with Crippen molar-refractivity contribution in [3.05, 3.63) is 59.7 Å². The minimum atomic E-state index is 0.638. The quantitative estimate of drug-likeness (QED) is 0.689. The van der Waals surface area contributed by atoms with Gasteiger partial charge in [-0.05, 0) is 23.5 Å². The van der Waals surface area contributed by atoms with Gasteiger partial charge in [0.2, 0.25) is 0 Å². The molecule has 0 amide bonds. The van der Waals surface area contributed by atoms with E-state index in [1.54, 1.807) is 0 Å². The fraction of sp³-hybridized carbons (Fsp3) is 0.333. The fourth-order valence-corrected chi connectivity index (χ4v) is 1.90. The van der Waals surface area contributed by atoms with Crippen LogP contribution in [-0.2, 0) is 6.54 Å². The van der Waals surface area contributed by atoms with Crippen LogP contribution in [-0.4, -0.2) is 6.54 Å². The molecule has 0 heterocycles. The second kappa shape index (κ2) is 6.14. The van der Waals surface area contributed by atoms with Crippen LogP contribution in [0.15, 0.2) is 64.4 Å². The normalized spacial score (nSPS) is 19.6. The Morgan fingerprint density at radius 1 is 1.12 bits per heavy atom. The van der Waals surface area contributed by atoms with E-state index in [1.807, 2.05) is 18.2 Å². The van der Waals surface area contributed by atoms with Gasteiger partial charge in [-0.2, -0.15) is 10.2 Å². The topological polar surface area (TPSA) is 24.7 Å². The van der Waals surface area contributed by atoms with Gasteiger partial charge in [0, 0.05) is 0 Å². The summed E-state index contributed by atoms with van der Waals surface area (Å²) < 4.78 is 0. The standard InChI is InChI=1S/C15H18N2/c1-13-6-5-9-15(10-13)12-17-16-11-14-7-3-2-4-8-14/h2-9,13H,10-12H2,1H3. The molecule has 0 radical (unpaired) electrons. The third kappa shape index (κ3) is 3.99. The Bertz CT molecular complexity index is 429. The first-order valence-electron chi connectivity index (χ1n) is 6.08. The van der Waals surface area contributed by atoms with Crippen LogP contribution in [0.5, 0.6) is 0 Å². The maximum Gasteiger partial charge on any atom is 0.0849 e. The molecule has 17 heavy (non-hydrogen) atoms. The second-order valence-corrected chi connectivity index (χ2v) is 4.48. The number of nitrogens with zero attached hydrogens (tertiary/aromatic N) is 2. The summed E-state index contributed by atoms with van der Waals surface area (Å²) in [7, 11) is 0. The Morgan fingerprint density at radius 2 is 1.88 bits per heavy atom. The number of rotatable bonds is 4. The third-order valence-electron chi connectivity index (χ3n) is 2.83. The molecule has 2 rings (SSSR count). The summed E-state index contributed by atoms with van der Waals surface area (Å²) in [6.07, 6.45) is 7.61. The van der Waals surface area contributed by atoms with Crippen LogP contribution in [0.2, 0.25) is 0 Å². The molecule has 0 aromatic heterocycles. The van der Waals surface area contributed by atoms with Crippen LogP contribution in [0.3, 0.4) is 0 Å². The van der Waals surface area contributed by atoms with Crippen LogP contribution in [0.1, 0.15) is 18.9 Å². The lowest BCUT2D eigenvalue weighted by Gasteiger charge is -2.11. The Hall–Kier alpha value is -1.70. The van der Waals surface area contributed by atoms with Gasteiger partial charge in [-0.15, -0.1) is 0 Å². The molecule has 1 aromatic rings. The van der Waals surface area contributed by atoms with Crippen molar-refractivity contribution in [3.63, 3.8) is 0 Å². The lowest BCUT2D eigenvalue weighted by molar-refractivity contribution is 0.689. The van der Waals surface area contributed by atoms with Gasteiger partial charge in [0.1, 0.15) is 0 Å². The van der Waals surface area contributed by atoms with Gasteiger partial charge < -0.3 is 0 Å². The van der Waals surface area contributed by atoms with E-state index in [1.165, 1.54) is 11.1 Å². The van der Waals surface area contributed by atoms with Crippen LogP contribution in [0.25, 0.3) is 0 Å². The van der Waals surface area contributed by atoms with Gasteiger partial charge in [0.05, 0.1) is 13.1 Å². The second-order valence-electron chi connectivity index (χ2n) is 4.48. The molecule has 88 valence electrons. The van der Waals surface area contributed by atoms with Gasteiger partial charge in [0.15, 0.2) is 0 Å². The van der Waals surface area contributed by atoms with Gasteiger partial charge in [-0.25, -0.2) is 0 Å². The lowest BCUT2D eigenvalue weighted by Crippen LogP contribution is -1.99. The van der Waals surface area contributed by atoms with Gasteiger partial charge in [0.25, 0.3) is 0 Å². The van der Waals surface area contributed by atoms with Crippen LogP contribution >= 0.6 is 0 Å². The molecule has 1 aliphatic rings. The maximum atomic E-state index is 4.25. The van der Waals surface area contributed by atoms with Crippen molar-refractivity contribution >= 4 is 0 Å². The number of hydrogen-bond donors (Lipinski definition) is 0. The molecule has 0 spiro atoms. The van der Waals surface area contributed by atoms with Crippen molar-refractivity contribution in [2.24, 2.45) is 16.1 Å². The van der Waals surface area contributed by atoms with E-state index in [9.17, 15) is 0 Å². The van der Waals surface area contributed by atoms with Crippen molar-refractivity contribution in [2.75, 3.05) is 6.54 Å². The highest BCUT2D eigenvalue weighted by molar-refractivity contribution is 5.20. The number of azo groups is 1. The van der Waals surface area contributed by atoms with E-state index < -0.39 is 0 Å². The molecule has 1 aromatic carbocycles. The molecule has 0 N–H and O–H groups in total. The Labute approximate surface area is 103 Å². The largest absolute Gasteiger partial charge is 0.189 e. The van der Waals surface area contributed by atoms with E-state index in [0.29, 0.717) is 12.5 Å². The molecule has 0 saturated heterocycles. The van der Waals surface area contributed by atoms with E-state index in [0.717, 1.165) is 13.0 Å². The Kier molecular flexibility index (Phi) is 4.25. The number of allylic oxidation sites excluding steroid dienone is 3. The molecule has 2 nitrogen and oxygen atoms in total.